The number of nitrogens with one attached hydrogen (secondary N) is 2. The molecular weight excluding hydrogens is 382 g/mol. The molecule has 4 rings (SSSR count). The van der Waals surface area contributed by atoms with E-state index in [0.29, 0.717) is 28.3 Å². The van der Waals surface area contributed by atoms with Gasteiger partial charge in [-0.3, -0.25) is 14.6 Å². The molecule has 0 atom stereocenters. The monoisotopic (exact) mass is 401 g/mol. The van der Waals surface area contributed by atoms with Gasteiger partial charge in [0.05, 0.1) is 23.8 Å². The highest BCUT2D eigenvalue weighted by molar-refractivity contribution is 6.11. The molecule has 0 aliphatic rings. The Morgan fingerprint density at radius 2 is 1.80 bits per heavy atom. The van der Waals surface area contributed by atoms with Gasteiger partial charge in [-0.15, -0.1) is 0 Å². The van der Waals surface area contributed by atoms with Gasteiger partial charge in [-0.05, 0) is 31.2 Å². The second-order valence-electron chi connectivity index (χ2n) is 6.71. The van der Waals surface area contributed by atoms with Crippen molar-refractivity contribution in [3.8, 4) is 28.3 Å². The molecule has 4 aromatic rings. The first-order chi connectivity index (χ1) is 14.5. The predicted molar refractivity (Wildman–Crippen MR) is 113 cm³/mol. The van der Waals surface area contributed by atoms with Crippen LogP contribution < -0.4 is 10.1 Å². The Morgan fingerprint density at radius 3 is 2.47 bits per heavy atom. The topological polar surface area (TPSA) is 110 Å². The molecular formula is C22H19N5O3. The number of carbonyl (C=O) groups is 2. The van der Waals surface area contributed by atoms with Gasteiger partial charge in [0.25, 0.3) is 0 Å². The quantitative estimate of drug-likeness (QED) is 0.492. The van der Waals surface area contributed by atoms with E-state index in [-0.39, 0.29) is 11.7 Å². The largest absolute Gasteiger partial charge is 0.481 e. The zero-order valence-corrected chi connectivity index (χ0v) is 16.7. The van der Waals surface area contributed by atoms with Crippen molar-refractivity contribution in [2.45, 2.75) is 13.8 Å². The molecule has 0 radical (unpaired) electrons. The molecule has 0 saturated carbocycles. The number of aromatic nitrogens is 4. The van der Waals surface area contributed by atoms with Gasteiger partial charge in [-0.2, -0.15) is 0 Å². The summed E-state index contributed by atoms with van der Waals surface area (Å²) in [6.07, 6.45) is 4.93. The second kappa shape index (κ2) is 7.75. The lowest BCUT2D eigenvalue weighted by molar-refractivity contribution is -0.114. The number of ketones is 1. The van der Waals surface area contributed by atoms with Gasteiger partial charge in [0.1, 0.15) is 5.82 Å². The van der Waals surface area contributed by atoms with Crippen LogP contribution in [0.4, 0.5) is 5.82 Å². The Bertz CT molecular complexity index is 1260. The van der Waals surface area contributed by atoms with E-state index in [1.54, 1.807) is 43.9 Å². The highest BCUT2D eigenvalue weighted by Crippen LogP contribution is 2.38. The first-order valence-corrected chi connectivity index (χ1v) is 9.24. The molecule has 4 aromatic heterocycles. The van der Waals surface area contributed by atoms with Gasteiger partial charge < -0.3 is 15.0 Å². The Kier molecular flexibility index (Phi) is 4.97. The number of hydrogen-bond acceptors (Lipinski definition) is 6. The number of ether oxygens (including phenoxy) is 1. The first-order valence-electron chi connectivity index (χ1n) is 9.24. The number of rotatable bonds is 5. The molecule has 0 aliphatic carbocycles. The number of fused-ring (bicyclic) bond motifs is 1. The standard InChI is InChI=1S/C22H19N5O3/c1-12(28)16-7-9-24-22-19(15-4-5-18(30-3)25-11-15)20(27-21(16)22)14-6-8-23-17(10-14)26-13(2)29/h4-11,27H,1-3H3,(H,23,26,29). The number of pyridine rings is 3. The fourth-order valence-electron chi connectivity index (χ4n) is 3.36. The van der Waals surface area contributed by atoms with Gasteiger partial charge >= 0.3 is 0 Å². The van der Waals surface area contributed by atoms with Gasteiger partial charge in [0.2, 0.25) is 11.8 Å². The lowest BCUT2D eigenvalue weighted by atomic mass is 10.0. The van der Waals surface area contributed by atoms with Crippen LogP contribution in [0.1, 0.15) is 24.2 Å². The summed E-state index contributed by atoms with van der Waals surface area (Å²) in [7, 11) is 1.56. The maximum absolute atomic E-state index is 12.2. The normalized spacial score (nSPS) is 10.8. The van der Waals surface area contributed by atoms with Crippen LogP contribution in [0.15, 0.2) is 48.9 Å². The fraction of sp³-hybridized carbons (Fsp3) is 0.136. The smallest absolute Gasteiger partial charge is 0.222 e. The van der Waals surface area contributed by atoms with Gasteiger partial charge in [-0.1, -0.05) is 0 Å². The molecule has 1 amide bonds. The van der Waals surface area contributed by atoms with Gasteiger partial charge in [0.15, 0.2) is 5.78 Å². The van der Waals surface area contributed by atoms with E-state index in [0.717, 1.165) is 22.4 Å². The molecule has 8 nitrogen and oxygen atoms in total. The van der Waals surface area contributed by atoms with Gasteiger partial charge in [-0.25, -0.2) is 9.97 Å². The minimum absolute atomic E-state index is 0.0664. The number of Topliss-reactive ketones (excluding diaryl/α,β-unsaturated/α-hetero) is 1. The summed E-state index contributed by atoms with van der Waals surface area (Å²) in [5.41, 5.74) is 4.97. The maximum atomic E-state index is 12.2. The average Bonchev–Trinajstić information content (AvgIpc) is 3.13. The lowest BCUT2D eigenvalue weighted by Crippen LogP contribution is -2.07. The Hall–Kier alpha value is -4.07. The summed E-state index contributed by atoms with van der Waals surface area (Å²) in [6, 6.07) is 8.93. The number of amides is 1. The summed E-state index contributed by atoms with van der Waals surface area (Å²) in [5.74, 6) is 0.645. The van der Waals surface area contributed by atoms with Crippen molar-refractivity contribution in [3.63, 3.8) is 0 Å². The highest BCUT2D eigenvalue weighted by Gasteiger charge is 2.20. The van der Waals surface area contributed by atoms with Crippen molar-refractivity contribution in [1.29, 1.82) is 0 Å². The average molecular weight is 401 g/mol. The predicted octanol–water partition coefficient (Wildman–Crippen LogP) is 3.86. The zero-order chi connectivity index (χ0) is 21.3. The number of hydrogen-bond donors (Lipinski definition) is 2. The summed E-state index contributed by atoms with van der Waals surface area (Å²) in [6.45, 7) is 2.94. The number of carbonyl (C=O) groups excluding carboxylic acids is 2. The molecule has 0 aromatic carbocycles. The number of H-pyrrole nitrogens is 1. The number of methoxy groups -OCH3 is 1. The van der Waals surface area contributed by atoms with Crippen molar-refractivity contribution in [2.24, 2.45) is 0 Å². The SMILES string of the molecule is COc1ccc(-c2c(-c3ccnc(NC(C)=O)c3)[nH]c3c(C(C)=O)ccnc23)cn1. The van der Waals surface area contributed by atoms with E-state index >= 15 is 0 Å². The maximum Gasteiger partial charge on any atom is 0.222 e. The van der Waals surface area contributed by atoms with E-state index in [1.807, 2.05) is 12.1 Å². The summed E-state index contributed by atoms with van der Waals surface area (Å²) in [4.78, 5) is 40.0. The summed E-state index contributed by atoms with van der Waals surface area (Å²) >= 11 is 0. The molecule has 0 saturated heterocycles. The van der Waals surface area contributed by atoms with E-state index in [2.05, 4.69) is 25.3 Å². The van der Waals surface area contributed by atoms with E-state index in [1.165, 1.54) is 13.8 Å². The molecule has 2 N–H and O–H groups in total. The molecule has 150 valence electrons. The Balaban J connectivity index is 1.99. The minimum Gasteiger partial charge on any atom is -0.481 e. The Labute approximate surface area is 172 Å². The van der Waals surface area contributed by atoms with Crippen LogP contribution in [0.5, 0.6) is 5.88 Å². The fourth-order valence-corrected chi connectivity index (χ4v) is 3.36. The van der Waals surface area contributed by atoms with Crippen LogP contribution in [-0.4, -0.2) is 38.7 Å². The van der Waals surface area contributed by atoms with Crippen LogP contribution in [-0.2, 0) is 4.79 Å². The molecule has 4 heterocycles. The van der Waals surface area contributed by atoms with Gasteiger partial charge in [0, 0.05) is 53.8 Å². The summed E-state index contributed by atoms with van der Waals surface area (Å²) < 4.78 is 5.16. The molecule has 30 heavy (non-hydrogen) atoms. The van der Waals surface area contributed by atoms with Crippen LogP contribution >= 0.6 is 0 Å². The van der Waals surface area contributed by atoms with E-state index < -0.39 is 0 Å². The van der Waals surface area contributed by atoms with Crippen molar-refractivity contribution in [3.05, 3.63) is 54.5 Å². The van der Waals surface area contributed by atoms with Crippen LogP contribution in [0.3, 0.4) is 0 Å². The molecule has 0 aliphatic heterocycles. The lowest BCUT2D eigenvalue weighted by Gasteiger charge is -2.08. The third-order valence-electron chi connectivity index (χ3n) is 4.65. The van der Waals surface area contributed by atoms with E-state index in [9.17, 15) is 9.59 Å². The molecule has 8 heteroatoms. The van der Waals surface area contributed by atoms with E-state index in [4.69, 9.17) is 4.74 Å². The number of anilines is 1. The molecule has 0 spiro atoms. The van der Waals surface area contributed by atoms with Crippen LogP contribution in [0.25, 0.3) is 33.4 Å². The third kappa shape index (κ3) is 3.50. The van der Waals surface area contributed by atoms with Crippen molar-refractivity contribution in [1.82, 2.24) is 19.9 Å². The number of aromatic amines is 1. The van der Waals surface area contributed by atoms with Crippen LogP contribution in [0, 0.1) is 0 Å². The number of nitrogens with zero attached hydrogens (tertiary/aromatic N) is 3. The first kappa shape index (κ1) is 19.3. The van der Waals surface area contributed by atoms with Crippen LogP contribution in [0.2, 0.25) is 0 Å². The zero-order valence-electron chi connectivity index (χ0n) is 16.7. The van der Waals surface area contributed by atoms with Crippen molar-refractivity contribution < 1.29 is 14.3 Å². The van der Waals surface area contributed by atoms with Crippen molar-refractivity contribution >= 4 is 28.5 Å². The van der Waals surface area contributed by atoms with Crippen molar-refractivity contribution in [2.75, 3.05) is 12.4 Å². The summed E-state index contributed by atoms with van der Waals surface area (Å²) in [5, 5.41) is 2.69. The minimum atomic E-state index is -0.212. The molecule has 0 fully saturated rings. The highest BCUT2D eigenvalue weighted by atomic mass is 16.5. The second-order valence-corrected chi connectivity index (χ2v) is 6.71. The molecule has 0 unspecified atom stereocenters. The Morgan fingerprint density at radius 1 is 1.00 bits per heavy atom. The third-order valence-corrected chi connectivity index (χ3v) is 4.65. The molecule has 0 bridgehead atoms.